The van der Waals surface area contributed by atoms with Crippen LogP contribution in [0.5, 0.6) is 0 Å². The van der Waals surface area contributed by atoms with E-state index in [9.17, 15) is 0 Å². The second-order valence-corrected chi connectivity index (χ2v) is 17.7. The van der Waals surface area contributed by atoms with Crippen LogP contribution in [0.3, 0.4) is 0 Å². The normalized spacial score (nSPS) is 51.8. The topological polar surface area (TPSA) is 0 Å². The summed E-state index contributed by atoms with van der Waals surface area (Å²) in [6, 6.07) is 0. The minimum Gasteiger partial charge on any atom is -0.0879 e. The van der Waals surface area contributed by atoms with Gasteiger partial charge >= 0.3 is 0 Å². The lowest BCUT2D eigenvalue weighted by Gasteiger charge is -2.59. The van der Waals surface area contributed by atoms with E-state index in [1.54, 1.807) is 32.1 Å². The summed E-state index contributed by atoms with van der Waals surface area (Å²) in [4.78, 5) is 0. The molecule has 36 heavy (non-hydrogen) atoms. The Morgan fingerprint density at radius 1 is 0.500 bits per heavy atom. The van der Waals surface area contributed by atoms with Gasteiger partial charge in [0.25, 0.3) is 0 Å². The summed E-state index contributed by atoms with van der Waals surface area (Å²) < 4.78 is 0. The van der Waals surface area contributed by atoms with Crippen LogP contribution < -0.4 is 0 Å². The number of hydrogen-bond acceptors (Lipinski definition) is 0. The van der Waals surface area contributed by atoms with E-state index in [1.165, 1.54) is 38.5 Å². The average molecular weight is 491 g/mol. The molecular formula is C36H58. The minimum atomic E-state index is 0.461. The van der Waals surface area contributed by atoms with Crippen LogP contribution in [0.2, 0.25) is 0 Å². The fourth-order valence-corrected chi connectivity index (χ4v) is 12.8. The van der Waals surface area contributed by atoms with E-state index < -0.39 is 0 Å². The van der Waals surface area contributed by atoms with Crippen LogP contribution in [0, 0.1) is 93.2 Å². The fraction of sp³-hybridized carbons (Fsp3) is 0.944. The van der Waals surface area contributed by atoms with Gasteiger partial charge in [0, 0.05) is 0 Å². The van der Waals surface area contributed by atoms with Crippen LogP contribution in [0.25, 0.3) is 0 Å². The second-order valence-electron chi connectivity index (χ2n) is 17.7. The van der Waals surface area contributed by atoms with E-state index in [0.29, 0.717) is 16.2 Å². The molecule has 0 bridgehead atoms. The molecule has 0 heteroatoms. The molecule has 13 unspecified atom stereocenters. The maximum absolute atomic E-state index is 2.78. The van der Waals surface area contributed by atoms with E-state index in [-0.39, 0.29) is 0 Å². The first-order valence-electron chi connectivity index (χ1n) is 16.7. The van der Waals surface area contributed by atoms with Crippen molar-refractivity contribution in [3.63, 3.8) is 0 Å². The van der Waals surface area contributed by atoms with Gasteiger partial charge in [-0.05, 0) is 164 Å². The molecule has 0 aliphatic heterocycles. The van der Waals surface area contributed by atoms with Gasteiger partial charge in [-0.2, -0.15) is 0 Å². The summed E-state index contributed by atoms with van der Waals surface area (Å²) in [7, 11) is 0. The molecule has 0 radical (unpaired) electrons. The smallest absolute Gasteiger partial charge is 0.0171 e. The number of hydrogen-bond donors (Lipinski definition) is 0. The van der Waals surface area contributed by atoms with Gasteiger partial charge < -0.3 is 0 Å². The second kappa shape index (κ2) is 8.13. The molecule has 6 fully saturated rings. The number of fused-ring (bicyclic) bond motifs is 4. The average Bonchev–Trinajstić information content (AvgIpc) is 3.43. The third-order valence-electron chi connectivity index (χ3n) is 15.7. The Morgan fingerprint density at radius 3 is 1.72 bits per heavy atom. The van der Waals surface area contributed by atoms with Crippen molar-refractivity contribution in [2.45, 2.75) is 119 Å². The summed E-state index contributed by atoms with van der Waals surface area (Å²) in [5.41, 5.74) is 1.43. The van der Waals surface area contributed by atoms with Crippen LogP contribution in [0.4, 0.5) is 0 Å². The molecule has 0 saturated heterocycles. The van der Waals surface area contributed by atoms with Crippen molar-refractivity contribution >= 4 is 0 Å². The van der Waals surface area contributed by atoms with E-state index in [1.807, 2.05) is 0 Å². The molecule has 7 aliphatic rings. The number of allylic oxidation sites excluding steroid dienone is 2. The lowest BCUT2D eigenvalue weighted by atomic mass is 9.46. The van der Waals surface area contributed by atoms with Gasteiger partial charge in [0.05, 0.1) is 0 Å². The monoisotopic (exact) mass is 490 g/mol. The predicted molar refractivity (Wildman–Crippen MR) is 152 cm³/mol. The molecule has 0 aromatic carbocycles. The van der Waals surface area contributed by atoms with Gasteiger partial charge in [0.15, 0.2) is 0 Å². The maximum Gasteiger partial charge on any atom is -0.0171 e. The third-order valence-corrected chi connectivity index (χ3v) is 15.7. The standard InChI is InChI=1S/C36H58/c1-34(2,3)30-17-15-27(30)28-20-32(29-19-22-12-13-24(22)33(28)29)36(6,7)35(4,5)31-18-16-26(31)25-14-11-21-9-8-10-23(21)25/h8,10,21-33H,9,11-20H2,1-7H3. The molecule has 7 rings (SSSR count). The van der Waals surface area contributed by atoms with E-state index in [0.717, 1.165) is 76.9 Å². The van der Waals surface area contributed by atoms with Crippen LogP contribution in [0.1, 0.15) is 119 Å². The first-order chi connectivity index (χ1) is 17.0. The van der Waals surface area contributed by atoms with Gasteiger partial charge in [-0.3, -0.25) is 0 Å². The Hall–Kier alpha value is -0.260. The zero-order valence-corrected chi connectivity index (χ0v) is 24.9. The van der Waals surface area contributed by atoms with Gasteiger partial charge in [0.2, 0.25) is 0 Å². The van der Waals surface area contributed by atoms with Crippen molar-refractivity contribution in [2.24, 2.45) is 93.2 Å². The van der Waals surface area contributed by atoms with Gasteiger partial charge in [-0.25, -0.2) is 0 Å². The molecular weight excluding hydrogens is 432 g/mol. The van der Waals surface area contributed by atoms with E-state index in [4.69, 9.17) is 0 Å². The Morgan fingerprint density at radius 2 is 1.11 bits per heavy atom. The fourth-order valence-electron chi connectivity index (χ4n) is 12.8. The third kappa shape index (κ3) is 3.30. The highest BCUT2D eigenvalue weighted by Crippen LogP contribution is 2.72. The summed E-state index contributed by atoms with van der Waals surface area (Å²) >= 11 is 0. The van der Waals surface area contributed by atoms with Crippen molar-refractivity contribution in [2.75, 3.05) is 0 Å². The SMILES string of the molecule is CC(C)(C)C1CCC1C1CC(C(C)(C)C(C)(C)C2CCC2C2CCC3CC=CC32)C2CC3CCC3C12. The highest BCUT2D eigenvalue weighted by molar-refractivity contribution is 5.15. The molecule has 0 N–H and O–H groups in total. The molecule has 0 amide bonds. The van der Waals surface area contributed by atoms with Crippen LogP contribution in [-0.2, 0) is 0 Å². The summed E-state index contributed by atoms with van der Waals surface area (Å²) in [6.45, 7) is 18.7. The Kier molecular flexibility index (Phi) is 5.59. The minimum absolute atomic E-state index is 0.461. The molecule has 0 aromatic heterocycles. The Bertz CT molecular complexity index is 882. The first kappa shape index (κ1) is 24.8. The molecule has 7 aliphatic carbocycles. The highest BCUT2D eigenvalue weighted by atomic mass is 14.7. The molecule has 0 aromatic rings. The molecule has 0 heterocycles. The van der Waals surface area contributed by atoms with Crippen LogP contribution in [-0.4, -0.2) is 0 Å². The van der Waals surface area contributed by atoms with Crippen molar-refractivity contribution in [3.05, 3.63) is 12.2 Å². The van der Waals surface area contributed by atoms with E-state index >= 15 is 0 Å². The molecule has 202 valence electrons. The van der Waals surface area contributed by atoms with Crippen LogP contribution >= 0.6 is 0 Å². The molecule has 0 spiro atoms. The Labute approximate surface area is 224 Å². The van der Waals surface area contributed by atoms with Crippen molar-refractivity contribution in [1.82, 2.24) is 0 Å². The maximum atomic E-state index is 2.78. The van der Waals surface area contributed by atoms with Crippen molar-refractivity contribution in [3.8, 4) is 0 Å². The molecule has 0 nitrogen and oxygen atoms in total. The summed E-state index contributed by atoms with van der Waals surface area (Å²) in [5, 5.41) is 0. The zero-order chi connectivity index (χ0) is 25.2. The summed E-state index contributed by atoms with van der Waals surface area (Å²) in [5.74, 6) is 13.4. The van der Waals surface area contributed by atoms with Gasteiger partial charge in [0.1, 0.15) is 0 Å². The molecule has 13 atom stereocenters. The van der Waals surface area contributed by atoms with Crippen LogP contribution in [0.15, 0.2) is 12.2 Å². The highest BCUT2D eigenvalue weighted by Gasteiger charge is 2.65. The largest absolute Gasteiger partial charge is 0.0879 e. The summed E-state index contributed by atoms with van der Waals surface area (Å²) in [6.07, 6.45) is 22.1. The lowest BCUT2D eigenvalue weighted by Crippen LogP contribution is -2.52. The van der Waals surface area contributed by atoms with E-state index in [2.05, 4.69) is 60.6 Å². The van der Waals surface area contributed by atoms with Gasteiger partial charge in [-0.1, -0.05) is 60.6 Å². The van der Waals surface area contributed by atoms with Crippen molar-refractivity contribution in [1.29, 1.82) is 0 Å². The number of rotatable bonds is 5. The first-order valence-corrected chi connectivity index (χ1v) is 16.7. The zero-order valence-electron chi connectivity index (χ0n) is 24.9. The van der Waals surface area contributed by atoms with Crippen molar-refractivity contribution < 1.29 is 0 Å². The quantitative estimate of drug-likeness (QED) is 0.336. The van der Waals surface area contributed by atoms with Gasteiger partial charge in [-0.15, -0.1) is 0 Å². The predicted octanol–water partition coefficient (Wildman–Crippen LogP) is 10.0. The Balaban J connectivity index is 1.14. The molecule has 6 saturated carbocycles. The lowest BCUT2D eigenvalue weighted by molar-refractivity contribution is -0.103.